The second kappa shape index (κ2) is 7.74. The lowest BCUT2D eigenvalue weighted by Crippen LogP contribution is -2.68. The van der Waals surface area contributed by atoms with Crippen molar-refractivity contribution in [2.75, 3.05) is 13.1 Å². The van der Waals surface area contributed by atoms with Crippen molar-refractivity contribution in [3.8, 4) is 0 Å². The second-order valence-electron chi connectivity index (χ2n) is 8.03. The molecule has 0 bridgehead atoms. The van der Waals surface area contributed by atoms with Gasteiger partial charge in [-0.2, -0.15) is 17.4 Å². The summed E-state index contributed by atoms with van der Waals surface area (Å²) in [6.45, 7) is 0.695. The summed E-state index contributed by atoms with van der Waals surface area (Å²) in [5.74, 6) is -5.06. The summed E-state index contributed by atoms with van der Waals surface area (Å²) in [7, 11) is -5.77. The molecule has 2 rings (SSSR count). The predicted octanol–water partition coefficient (Wildman–Crippen LogP) is -1.70. The molecule has 10 nitrogen and oxygen atoms in total. The number of aliphatic carboxylic acids is 1. The Balaban J connectivity index is 2.07. The Morgan fingerprint density at radius 1 is 1.36 bits per heavy atom. The molecule has 3 atom stereocenters. The number of carboxylic acids is 1. The summed E-state index contributed by atoms with van der Waals surface area (Å²) < 4.78 is 54.8. The molecule has 162 valence electrons. The van der Waals surface area contributed by atoms with Crippen molar-refractivity contribution in [1.82, 2.24) is 9.03 Å². The summed E-state index contributed by atoms with van der Waals surface area (Å²) in [5.41, 5.74) is 8.58. The van der Waals surface area contributed by atoms with E-state index in [4.69, 9.17) is 21.5 Å². The molecular weight excluding hydrogens is 401 g/mol. The molecule has 1 heterocycles. The highest BCUT2D eigenvalue weighted by Crippen LogP contribution is 2.46. The van der Waals surface area contributed by atoms with Crippen molar-refractivity contribution in [2.24, 2.45) is 17.4 Å². The van der Waals surface area contributed by atoms with Crippen LogP contribution in [0.5, 0.6) is 0 Å². The van der Waals surface area contributed by atoms with Gasteiger partial charge >= 0.3 is 13.1 Å². The van der Waals surface area contributed by atoms with Crippen LogP contribution in [0.1, 0.15) is 32.6 Å². The molecule has 8 N–H and O–H groups in total. The van der Waals surface area contributed by atoms with Crippen molar-refractivity contribution >= 4 is 23.3 Å². The number of nitrogens with one attached hydrogen (secondary N) is 1. The van der Waals surface area contributed by atoms with Crippen molar-refractivity contribution in [3.05, 3.63) is 0 Å². The van der Waals surface area contributed by atoms with E-state index in [9.17, 15) is 27.1 Å². The van der Waals surface area contributed by atoms with E-state index in [0.29, 0.717) is 0 Å². The van der Waals surface area contributed by atoms with Crippen LogP contribution in [0, 0.1) is 5.92 Å². The van der Waals surface area contributed by atoms with Gasteiger partial charge < -0.3 is 26.6 Å². The third kappa shape index (κ3) is 4.80. The molecule has 2 aliphatic rings. The van der Waals surface area contributed by atoms with Crippen molar-refractivity contribution in [2.45, 2.75) is 62.0 Å². The Bertz CT molecular complexity index is 704. The Labute approximate surface area is 162 Å². The van der Waals surface area contributed by atoms with Crippen molar-refractivity contribution in [3.63, 3.8) is 0 Å². The predicted molar refractivity (Wildman–Crippen MR) is 96.5 cm³/mol. The number of rotatable bonds is 9. The summed E-state index contributed by atoms with van der Waals surface area (Å²) in [5, 5.41) is 27.3. The zero-order chi connectivity index (χ0) is 21.5. The van der Waals surface area contributed by atoms with Gasteiger partial charge in [-0.3, -0.25) is 4.79 Å². The molecule has 14 heteroatoms. The standard InChI is InChI=1S/C14H27BF2N4O6S/c1-9(12(18)6-13(16,17)7-12)20-28(26,27)21-5-10(3-2-4-15(24)25)14(19,8-21)11(22)23/h9-10,20,24-25H,2-8,18-19H2,1H3,(H,22,23)/t9-,10+,14+/m1/s1. The van der Waals surface area contributed by atoms with Gasteiger partial charge in [0, 0.05) is 43.4 Å². The molecule has 0 radical (unpaired) electrons. The number of hydrogen-bond donors (Lipinski definition) is 6. The van der Waals surface area contributed by atoms with Crippen LogP contribution in [-0.2, 0) is 15.0 Å². The van der Waals surface area contributed by atoms with Gasteiger partial charge in [0.2, 0.25) is 0 Å². The van der Waals surface area contributed by atoms with E-state index < -0.39 is 71.6 Å². The summed E-state index contributed by atoms with van der Waals surface area (Å²) in [4.78, 5) is 11.6. The number of carboxylic acid groups (broad SMARTS) is 1. The third-order valence-corrected chi connectivity index (χ3v) is 7.32. The fraction of sp³-hybridized carbons (Fsp3) is 0.929. The van der Waals surface area contributed by atoms with E-state index in [0.717, 1.165) is 4.31 Å². The smallest absolute Gasteiger partial charge is 0.451 e. The van der Waals surface area contributed by atoms with Crippen LogP contribution in [0.25, 0.3) is 0 Å². The molecule has 28 heavy (non-hydrogen) atoms. The van der Waals surface area contributed by atoms with Gasteiger partial charge in [-0.1, -0.05) is 6.42 Å². The number of alkyl halides is 2. The molecule has 1 saturated carbocycles. The van der Waals surface area contributed by atoms with E-state index in [1.807, 2.05) is 0 Å². The number of nitrogens with two attached hydrogens (primary N) is 2. The first kappa shape index (κ1) is 23.4. The minimum absolute atomic E-state index is 0.00185. The largest absolute Gasteiger partial charge is 0.480 e. The maximum absolute atomic E-state index is 13.2. The number of halogens is 2. The monoisotopic (exact) mass is 428 g/mol. The Kier molecular flexibility index (Phi) is 6.46. The molecule has 0 amide bonds. The fourth-order valence-electron chi connectivity index (χ4n) is 3.85. The van der Waals surface area contributed by atoms with Gasteiger partial charge in [-0.15, -0.1) is 0 Å². The normalized spacial score (nSPS) is 30.6. The zero-order valence-electron chi connectivity index (χ0n) is 15.5. The Hall–Kier alpha value is -0.895. The lowest BCUT2D eigenvalue weighted by atomic mass is 9.70. The number of hydrogen-bond acceptors (Lipinski definition) is 7. The third-order valence-electron chi connectivity index (χ3n) is 5.71. The first-order valence-corrected chi connectivity index (χ1v) is 10.4. The molecule has 2 fully saturated rings. The van der Waals surface area contributed by atoms with Crippen LogP contribution in [0.3, 0.4) is 0 Å². The van der Waals surface area contributed by atoms with E-state index in [1.54, 1.807) is 0 Å². The topological polar surface area (TPSA) is 179 Å². The average Bonchev–Trinajstić information content (AvgIpc) is 2.84. The van der Waals surface area contributed by atoms with E-state index >= 15 is 0 Å². The van der Waals surface area contributed by atoms with Gasteiger partial charge in [0.1, 0.15) is 5.54 Å². The van der Waals surface area contributed by atoms with Crippen LogP contribution in [0.2, 0.25) is 6.32 Å². The molecule has 0 aromatic carbocycles. The number of carbonyl (C=O) groups is 1. The minimum Gasteiger partial charge on any atom is -0.480 e. The first-order valence-electron chi connectivity index (χ1n) is 8.94. The van der Waals surface area contributed by atoms with Crippen molar-refractivity contribution < 1.29 is 37.1 Å². The van der Waals surface area contributed by atoms with E-state index in [2.05, 4.69) is 4.72 Å². The molecular formula is C14H27BF2N4O6S. The maximum atomic E-state index is 13.2. The van der Waals surface area contributed by atoms with Gasteiger partial charge in [-0.25, -0.2) is 8.78 Å². The molecule has 0 unspecified atom stereocenters. The van der Waals surface area contributed by atoms with Crippen LogP contribution in [0.4, 0.5) is 8.78 Å². The molecule has 1 saturated heterocycles. The van der Waals surface area contributed by atoms with Crippen LogP contribution in [0.15, 0.2) is 0 Å². The van der Waals surface area contributed by atoms with E-state index in [1.165, 1.54) is 6.92 Å². The summed E-state index contributed by atoms with van der Waals surface area (Å²) in [6, 6.07) is -0.988. The number of nitrogens with zero attached hydrogens (tertiary/aromatic N) is 1. The van der Waals surface area contributed by atoms with E-state index in [-0.39, 0.29) is 25.7 Å². The Morgan fingerprint density at radius 3 is 2.39 bits per heavy atom. The highest BCUT2D eigenvalue weighted by atomic mass is 32.2. The van der Waals surface area contributed by atoms with Gasteiger partial charge in [0.15, 0.2) is 0 Å². The lowest BCUT2D eigenvalue weighted by molar-refractivity contribution is -0.144. The quantitative estimate of drug-likeness (QED) is 0.235. The van der Waals surface area contributed by atoms with Gasteiger partial charge in [0.05, 0.1) is 0 Å². The zero-order valence-corrected chi connectivity index (χ0v) is 16.3. The van der Waals surface area contributed by atoms with Crippen LogP contribution < -0.4 is 16.2 Å². The molecule has 1 aliphatic heterocycles. The Morgan fingerprint density at radius 2 is 1.93 bits per heavy atom. The summed E-state index contributed by atoms with van der Waals surface area (Å²) >= 11 is 0. The lowest BCUT2D eigenvalue weighted by Gasteiger charge is -2.48. The first-order chi connectivity index (χ1) is 12.6. The average molecular weight is 428 g/mol. The van der Waals surface area contributed by atoms with Gasteiger partial charge in [0.25, 0.3) is 16.1 Å². The SMILES string of the molecule is C[C@@H](NS(=O)(=O)N1C[C@H](CCCB(O)O)[C@](N)(C(=O)O)C1)C1(N)CC(F)(F)C1. The maximum Gasteiger partial charge on any atom is 0.451 e. The fourth-order valence-corrected chi connectivity index (χ4v) is 5.44. The molecule has 0 aromatic rings. The minimum atomic E-state index is -4.22. The van der Waals surface area contributed by atoms with Gasteiger partial charge in [-0.05, 0) is 19.7 Å². The molecule has 0 aromatic heterocycles. The second-order valence-corrected chi connectivity index (χ2v) is 9.74. The van der Waals surface area contributed by atoms with Crippen molar-refractivity contribution in [1.29, 1.82) is 0 Å². The highest BCUT2D eigenvalue weighted by molar-refractivity contribution is 7.87. The molecule has 1 aliphatic carbocycles. The van der Waals surface area contributed by atoms with Crippen LogP contribution >= 0.6 is 0 Å². The highest BCUT2D eigenvalue weighted by Gasteiger charge is 2.58. The van der Waals surface area contributed by atoms with Crippen LogP contribution in [-0.4, -0.2) is 77.1 Å². The molecule has 0 spiro atoms. The summed E-state index contributed by atoms with van der Waals surface area (Å²) in [6.07, 6.45) is -0.877.